The van der Waals surface area contributed by atoms with E-state index in [9.17, 15) is 19.2 Å². The van der Waals surface area contributed by atoms with Gasteiger partial charge in [0.1, 0.15) is 0 Å². The van der Waals surface area contributed by atoms with Gasteiger partial charge in [-0.1, -0.05) is 75.7 Å². The Morgan fingerprint density at radius 3 is 1.97 bits per heavy atom. The van der Waals surface area contributed by atoms with E-state index in [1.807, 2.05) is 0 Å². The lowest BCUT2D eigenvalue weighted by molar-refractivity contribution is -0.147. The van der Waals surface area contributed by atoms with Crippen LogP contribution in [0.25, 0.3) is 0 Å². The van der Waals surface area contributed by atoms with Crippen molar-refractivity contribution < 1.29 is 23.9 Å². The maximum absolute atomic E-state index is 12.6. The molecule has 0 saturated heterocycles. The first kappa shape index (κ1) is 24.9. The predicted molar refractivity (Wildman–Crippen MR) is 123 cm³/mol. The summed E-state index contributed by atoms with van der Waals surface area (Å²) in [6.45, 7) is -0.957. The van der Waals surface area contributed by atoms with Gasteiger partial charge in [-0.2, -0.15) is 0 Å². The summed E-state index contributed by atoms with van der Waals surface area (Å²) >= 11 is 35.8. The highest BCUT2D eigenvalue weighted by molar-refractivity contribution is 6.55. The maximum Gasteiger partial charge on any atom is 0.308 e. The SMILES string of the molecule is O=C(COC(=O)CCN1C(=O)c2c(Cl)c(Cl)c(Cl)c(Cl)c2C1=O)Nc1cccc(Cl)c1Cl. The molecule has 32 heavy (non-hydrogen) atoms. The van der Waals surface area contributed by atoms with E-state index in [-0.39, 0.29) is 59.9 Å². The van der Waals surface area contributed by atoms with Crippen molar-refractivity contribution >= 4 is 99.0 Å². The number of fused-ring (bicyclic) bond motifs is 1. The molecule has 1 aliphatic rings. The van der Waals surface area contributed by atoms with E-state index in [1.54, 1.807) is 12.1 Å². The van der Waals surface area contributed by atoms with E-state index in [0.29, 0.717) is 0 Å². The molecule has 1 heterocycles. The standard InChI is InChI=1S/C19H10Cl6N2O5/c20-7-2-1-3-8(13(7)21)26-9(28)6-32-10(29)4-5-27-18(30)11-12(19(27)31)15(23)17(25)16(24)14(11)22/h1-3H,4-6H2,(H,26,28). The van der Waals surface area contributed by atoms with Crippen molar-refractivity contribution in [3.63, 3.8) is 0 Å². The number of halogens is 6. The summed E-state index contributed by atoms with van der Waals surface area (Å²) in [6.07, 6.45) is -0.382. The molecule has 1 aliphatic heterocycles. The zero-order valence-electron chi connectivity index (χ0n) is 15.6. The van der Waals surface area contributed by atoms with Gasteiger partial charge in [-0.25, -0.2) is 0 Å². The maximum atomic E-state index is 12.6. The van der Waals surface area contributed by atoms with Gasteiger partial charge in [0.15, 0.2) is 6.61 Å². The van der Waals surface area contributed by atoms with Crippen LogP contribution in [0.2, 0.25) is 30.1 Å². The van der Waals surface area contributed by atoms with Crippen LogP contribution in [0.3, 0.4) is 0 Å². The number of anilines is 1. The van der Waals surface area contributed by atoms with Gasteiger partial charge in [0.2, 0.25) is 0 Å². The quantitative estimate of drug-likeness (QED) is 0.210. The fourth-order valence-corrected chi connectivity index (χ4v) is 4.17. The van der Waals surface area contributed by atoms with Gasteiger partial charge < -0.3 is 10.1 Å². The number of benzene rings is 2. The number of carbonyl (C=O) groups excluding carboxylic acids is 4. The molecule has 1 N–H and O–H groups in total. The molecule has 0 unspecified atom stereocenters. The van der Waals surface area contributed by atoms with Crippen molar-refractivity contribution in [1.29, 1.82) is 0 Å². The second-order valence-corrected chi connectivity index (χ2v) is 8.63. The summed E-state index contributed by atoms with van der Waals surface area (Å²) in [5.74, 6) is -3.05. The lowest BCUT2D eigenvalue weighted by atomic mass is 10.1. The molecule has 3 rings (SSSR count). The van der Waals surface area contributed by atoms with Crippen LogP contribution in [0.15, 0.2) is 18.2 Å². The third-order valence-corrected chi connectivity index (χ3v) is 6.94. The second kappa shape index (κ2) is 10.0. The number of nitrogens with one attached hydrogen (secondary N) is 1. The molecule has 7 nitrogen and oxygen atoms in total. The monoisotopic (exact) mass is 556 g/mol. The minimum Gasteiger partial charge on any atom is -0.456 e. The molecular weight excluding hydrogens is 549 g/mol. The number of imide groups is 1. The van der Waals surface area contributed by atoms with Crippen LogP contribution in [-0.4, -0.2) is 41.7 Å². The first-order valence-corrected chi connectivity index (χ1v) is 10.9. The molecule has 3 amide bonds. The van der Waals surface area contributed by atoms with Crippen molar-refractivity contribution in [2.75, 3.05) is 18.5 Å². The number of hydrogen-bond donors (Lipinski definition) is 1. The first-order chi connectivity index (χ1) is 15.0. The molecule has 168 valence electrons. The number of amides is 3. The molecule has 0 radical (unpaired) electrons. The molecule has 2 aromatic carbocycles. The molecule has 0 spiro atoms. The number of carbonyl (C=O) groups is 4. The van der Waals surface area contributed by atoms with E-state index < -0.39 is 30.3 Å². The number of ether oxygens (including phenoxy) is 1. The fourth-order valence-electron chi connectivity index (χ4n) is 2.81. The Hall–Kier alpha value is -1.74. The summed E-state index contributed by atoms with van der Waals surface area (Å²) in [4.78, 5) is 50.0. The molecular formula is C19H10Cl6N2O5. The van der Waals surface area contributed by atoms with E-state index >= 15 is 0 Å². The summed E-state index contributed by atoms with van der Waals surface area (Å²) in [7, 11) is 0. The average molecular weight is 559 g/mol. The topological polar surface area (TPSA) is 92.8 Å². The Morgan fingerprint density at radius 1 is 0.844 bits per heavy atom. The van der Waals surface area contributed by atoms with Crippen LogP contribution in [-0.2, 0) is 14.3 Å². The normalized spacial score (nSPS) is 12.8. The summed E-state index contributed by atoms with van der Waals surface area (Å²) in [5.41, 5.74) is -0.137. The van der Waals surface area contributed by atoms with Crippen molar-refractivity contribution in [2.45, 2.75) is 6.42 Å². The fraction of sp³-hybridized carbons (Fsp3) is 0.158. The van der Waals surface area contributed by atoms with E-state index in [1.165, 1.54) is 6.07 Å². The Bertz CT molecular complexity index is 1120. The third kappa shape index (κ3) is 4.78. The highest BCUT2D eigenvalue weighted by Crippen LogP contribution is 2.44. The van der Waals surface area contributed by atoms with Gasteiger partial charge in [-0.05, 0) is 12.1 Å². The molecule has 0 aromatic heterocycles. The van der Waals surface area contributed by atoms with Gasteiger partial charge in [0, 0.05) is 6.54 Å². The Kier molecular flexibility index (Phi) is 7.81. The van der Waals surface area contributed by atoms with Crippen LogP contribution in [0, 0.1) is 0 Å². The van der Waals surface area contributed by atoms with Gasteiger partial charge in [0.25, 0.3) is 17.7 Å². The van der Waals surface area contributed by atoms with Crippen LogP contribution < -0.4 is 5.32 Å². The van der Waals surface area contributed by atoms with Gasteiger partial charge >= 0.3 is 5.97 Å². The number of hydrogen-bond acceptors (Lipinski definition) is 5. The minimum atomic E-state index is -0.831. The van der Waals surface area contributed by atoms with Gasteiger partial charge in [-0.15, -0.1) is 0 Å². The molecule has 2 aromatic rings. The lowest BCUT2D eigenvalue weighted by Crippen LogP contribution is -2.32. The summed E-state index contributed by atoms with van der Waals surface area (Å²) in [6, 6.07) is 4.64. The Labute approximate surface area is 211 Å². The summed E-state index contributed by atoms with van der Waals surface area (Å²) < 4.78 is 4.87. The molecule has 13 heteroatoms. The third-order valence-electron chi connectivity index (χ3n) is 4.31. The van der Waals surface area contributed by atoms with Crippen LogP contribution in [0.4, 0.5) is 5.69 Å². The number of nitrogens with zero attached hydrogens (tertiary/aromatic N) is 1. The largest absolute Gasteiger partial charge is 0.456 e. The lowest BCUT2D eigenvalue weighted by Gasteiger charge is -2.13. The van der Waals surface area contributed by atoms with Crippen molar-refractivity contribution in [2.24, 2.45) is 0 Å². The second-order valence-electron chi connectivity index (χ2n) is 6.33. The highest BCUT2D eigenvalue weighted by atomic mass is 35.5. The highest BCUT2D eigenvalue weighted by Gasteiger charge is 2.41. The van der Waals surface area contributed by atoms with Crippen LogP contribution >= 0.6 is 69.6 Å². The first-order valence-electron chi connectivity index (χ1n) is 8.66. The minimum absolute atomic E-state index is 0.136. The van der Waals surface area contributed by atoms with Gasteiger partial charge in [-0.3, -0.25) is 24.1 Å². The molecule has 0 saturated carbocycles. The van der Waals surface area contributed by atoms with E-state index in [4.69, 9.17) is 74.3 Å². The number of esters is 1. The Morgan fingerprint density at radius 2 is 1.41 bits per heavy atom. The smallest absolute Gasteiger partial charge is 0.308 e. The zero-order chi connectivity index (χ0) is 23.7. The van der Waals surface area contributed by atoms with Crippen molar-refractivity contribution in [3.05, 3.63) is 59.5 Å². The zero-order valence-corrected chi connectivity index (χ0v) is 20.1. The van der Waals surface area contributed by atoms with E-state index in [2.05, 4.69) is 5.32 Å². The number of rotatable bonds is 6. The molecule has 0 fully saturated rings. The average Bonchev–Trinajstić information content (AvgIpc) is 3.00. The van der Waals surface area contributed by atoms with Gasteiger partial charge in [0.05, 0.1) is 53.4 Å². The van der Waals surface area contributed by atoms with Crippen molar-refractivity contribution in [1.82, 2.24) is 4.90 Å². The van der Waals surface area contributed by atoms with E-state index in [0.717, 1.165) is 4.90 Å². The van der Waals surface area contributed by atoms with Crippen LogP contribution in [0.1, 0.15) is 27.1 Å². The van der Waals surface area contributed by atoms with Crippen LogP contribution in [0.5, 0.6) is 0 Å². The van der Waals surface area contributed by atoms with Crippen molar-refractivity contribution in [3.8, 4) is 0 Å². The predicted octanol–water partition coefficient (Wildman–Crippen LogP) is 5.78. The molecule has 0 aliphatic carbocycles. The molecule has 0 bridgehead atoms. The summed E-state index contributed by atoms with van der Waals surface area (Å²) in [5, 5.41) is 2.08. The Balaban J connectivity index is 1.58. The molecule has 0 atom stereocenters.